The van der Waals surface area contributed by atoms with Crippen molar-refractivity contribution in [2.75, 3.05) is 34.4 Å². The van der Waals surface area contributed by atoms with E-state index in [1.807, 2.05) is 0 Å². The number of rotatable bonds is 7. The fraction of sp³-hybridized carbons (Fsp3) is 0.421. The van der Waals surface area contributed by atoms with E-state index in [1.165, 1.54) is 32.7 Å². The molecule has 2 aromatic rings. The standard InChI is InChI=1S/C19H24N2O6S2/c1-25-15-7-6-14(17(26-2)18(15)27-3)19(22)21-10-8-13(9-11-21)20-29(23,24)16-5-4-12-28-16/h4-7,12-13,20H,8-11H2,1-3H3. The average Bonchev–Trinajstić information content (AvgIpc) is 3.28. The first-order valence-electron chi connectivity index (χ1n) is 9.05. The molecule has 0 bridgehead atoms. The summed E-state index contributed by atoms with van der Waals surface area (Å²) in [6.07, 6.45) is 1.07. The lowest BCUT2D eigenvalue weighted by Crippen LogP contribution is -2.46. The number of amides is 1. The van der Waals surface area contributed by atoms with Crippen molar-refractivity contribution in [2.45, 2.75) is 23.1 Å². The monoisotopic (exact) mass is 440 g/mol. The van der Waals surface area contributed by atoms with Crippen LogP contribution in [0.3, 0.4) is 0 Å². The molecule has 3 rings (SSSR count). The minimum Gasteiger partial charge on any atom is -0.493 e. The molecule has 8 nitrogen and oxygen atoms in total. The van der Waals surface area contributed by atoms with Gasteiger partial charge < -0.3 is 19.1 Å². The number of benzene rings is 1. The van der Waals surface area contributed by atoms with Crippen LogP contribution in [0.25, 0.3) is 0 Å². The normalized spacial score (nSPS) is 15.2. The predicted octanol–water partition coefficient (Wildman–Crippen LogP) is 2.36. The molecule has 1 aliphatic rings. The molecule has 0 unspecified atom stereocenters. The van der Waals surface area contributed by atoms with E-state index in [4.69, 9.17) is 14.2 Å². The van der Waals surface area contributed by atoms with Crippen molar-refractivity contribution in [1.82, 2.24) is 9.62 Å². The van der Waals surface area contributed by atoms with Crippen LogP contribution in [0.15, 0.2) is 33.9 Å². The quantitative estimate of drug-likeness (QED) is 0.710. The third-order valence-electron chi connectivity index (χ3n) is 4.80. The van der Waals surface area contributed by atoms with Gasteiger partial charge in [-0.1, -0.05) is 6.07 Å². The van der Waals surface area contributed by atoms with Gasteiger partial charge in [0, 0.05) is 19.1 Å². The van der Waals surface area contributed by atoms with Crippen LogP contribution in [-0.4, -0.2) is 59.7 Å². The lowest BCUT2D eigenvalue weighted by Gasteiger charge is -2.32. The molecule has 29 heavy (non-hydrogen) atoms. The Morgan fingerprint density at radius 2 is 1.76 bits per heavy atom. The molecule has 1 aliphatic heterocycles. The molecule has 10 heteroatoms. The summed E-state index contributed by atoms with van der Waals surface area (Å²) in [5.74, 6) is 0.960. The summed E-state index contributed by atoms with van der Waals surface area (Å²) < 4.78 is 43.8. The van der Waals surface area contributed by atoms with E-state index in [1.54, 1.807) is 34.5 Å². The number of sulfonamides is 1. The average molecular weight is 441 g/mol. The van der Waals surface area contributed by atoms with Gasteiger partial charge in [-0.3, -0.25) is 4.79 Å². The molecule has 1 amide bonds. The summed E-state index contributed by atoms with van der Waals surface area (Å²) in [6.45, 7) is 0.877. The van der Waals surface area contributed by atoms with Crippen LogP contribution in [0.1, 0.15) is 23.2 Å². The second-order valence-electron chi connectivity index (χ2n) is 6.50. The van der Waals surface area contributed by atoms with Gasteiger partial charge in [-0.15, -0.1) is 11.3 Å². The maximum Gasteiger partial charge on any atom is 0.257 e. The van der Waals surface area contributed by atoms with Gasteiger partial charge in [0.15, 0.2) is 11.5 Å². The number of methoxy groups -OCH3 is 3. The van der Waals surface area contributed by atoms with E-state index in [-0.39, 0.29) is 11.9 Å². The van der Waals surface area contributed by atoms with Gasteiger partial charge in [0.25, 0.3) is 5.91 Å². The maximum absolute atomic E-state index is 13.0. The highest BCUT2D eigenvalue weighted by molar-refractivity contribution is 7.91. The summed E-state index contributed by atoms with van der Waals surface area (Å²) in [7, 11) is 0.953. The summed E-state index contributed by atoms with van der Waals surface area (Å²) in [5, 5.41) is 1.73. The number of carbonyl (C=O) groups excluding carboxylic acids is 1. The number of carbonyl (C=O) groups is 1. The number of likely N-dealkylation sites (tertiary alicyclic amines) is 1. The van der Waals surface area contributed by atoms with Gasteiger partial charge in [0.05, 0.1) is 26.9 Å². The number of hydrogen-bond donors (Lipinski definition) is 1. The molecule has 1 saturated heterocycles. The molecule has 1 N–H and O–H groups in total. The lowest BCUT2D eigenvalue weighted by molar-refractivity contribution is 0.0707. The van der Waals surface area contributed by atoms with E-state index in [9.17, 15) is 13.2 Å². The van der Waals surface area contributed by atoms with Gasteiger partial charge in [-0.25, -0.2) is 13.1 Å². The van der Waals surface area contributed by atoms with Crippen LogP contribution in [0.2, 0.25) is 0 Å². The van der Waals surface area contributed by atoms with Crippen molar-refractivity contribution >= 4 is 27.3 Å². The molecule has 0 saturated carbocycles. The number of ether oxygens (including phenoxy) is 3. The molecule has 1 aromatic carbocycles. The number of hydrogen-bond acceptors (Lipinski definition) is 7. The van der Waals surface area contributed by atoms with Crippen LogP contribution in [0.4, 0.5) is 0 Å². The zero-order chi connectivity index (χ0) is 21.0. The van der Waals surface area contributed by atoms with Gasteiger partial charge >= 0.3 is 0 Å². The third kappa shape index (κ3) is 4.49. The van der Waals surface area contributed by atoms with E-state index < -0.39 is 10.0 Å². The third-order valence-corrected chi connectivity index (χ3v) is 7.72. The first-order chi connectivity index (χ1) is 13.9. The number of nitrogens with one attached hydrogen (secondary N) is 1. The Hall–Kier alpha value is -2.30. The molecule has 0 aliphatic carbocycles. The highest BCUT2D eigenvalue weighted by Gasteiger charge is 2.30. The Morgan fingerprint density at radius 3 is 2.31 bits per heavy atom. The van der Waals surface area contributed by atoms with Crippen molar-refractivity contribution in [3.05, 3.63) is 35.2 Å². The second kappa shape index (κ2) is 9.02. The minimum absolute atomic E-state index is 0.192. The first-order valence-corrected chi connectivity index (χ1v) is 11.4. The Balaban J connectivity index is 1.69. The van der Waals surface area contributed by atoms with Crippen molar-refractivity contribution in [2.24, 2.45) is 0 Å². The SMILES string of the molecule is COc1ccc(C(=O)N2CCC(NS(=O)(=O)c3cccs3)CC2)c(OC)c1OC. The second-order valence-corrected chi connectivity index (χ2v) is 9.39. The molecular weight excluding hydrogens is 416 g/mol. The van der Waals surface area contributed by atoms with Crippen LogP contribution in [0.5, 0.6) is 17.2 Å². The summed E-state index contributed by atoms with van der Waals surface area (Å²) in [6, 6.07) is 6.38. The van der Waals surface area contributed by atoms with Gasteiger partial charge in [-0.2, -0.15) is 0 Å². The first kappa shape index (κ1) is 21.4. The Bertz CT molecular complexity index is 951. The number of thiophene rings is 1. The molecule has 2 heterocycles. The predicted molar refractivity (Wildman–Crippen MR) is 110 cm³/mol. The Labute approximate surface area is 174 Å². The molecular formula is C19H24N2O6S2. The van der Waals surface area contributed by atoms with E-state index >= 15 is 0 Å². The number of piperidine rings is 1. The smallest absolute Gasteiger partial charge is 0.257 e. The highest BCUT2D eigenvalue weighted by atomic mass is 32.2. The van der Waals surface area contributed by atoms with E-state index in [0.717, 1.165) is 0 Å². The highest BCUT2D eigenvalue weighted by Crippen LogP contribution is 2.40. The van der Waals surface area contributed by atoms with Crippen LogP contribution in [-0.2, 0) is 10.0 Å². The number of nitrogens with zero attached hydrogens (tertiary/aromatic N) is 1. The lowest BCUT2D eigenvalue weighted by atomic mass is 10.0. The zero-order valence-corrected chi connectivity index (χ0v) is 18.1. The summed E-state index contributed by atoms with van der Waals surface area (Å²) in [5.41, 5.74) is 0.378. The summed E-state index contributed by atoms with van der Waals surface area (Å²) >= 11 is 1.18. The fourth-order valence-electron chi connectivity index (χ4n) is 3.33. The molecule has 0 spiro atoms. The molecule has 0 atom stereocenters. The molecule has 0 radical (unpaired) electrons. The molecule has 1 aromatic heterocycles. The maximum atomic E-state index is 13.0. The Morgan fingerprint density at radius 1 is 1.07 bits per heavy atom. The van der Waals surface area contributed by atoms with Crippen LogP contribution < -0.4 is 18.9 Å². The van der Waals surface area contributed by atoms with Gasteiger partial charge in [0.1, 0.15) is 4.21 Å². The van der Waals surface area contributed by atoms with Crippen molar-refractivity contribution in [3.63, 3.8) is 0 Å². The zero-order valence-electron chi connectivity index (χ0n) is 16.5. The van der Waals surface area contributed by atoms with E-state index in [2.05, 4.69) is 4.72 Å². The van der Waals surface area contributed by atoms with Crippen molar-refractivity contribution < 1.29 is 27.4 Å². The van der Waals surface area contributed by atoms with Gasteiger partial charge in [0.2, 0.25) is 15.8 Å². The fourth-order valence-corrected chi connectivity index (χ4v) is 5.65. The van der Waals surface area contributed by atoms with Crippen molar-refractivity contribution in [3.8, 4) is 17.2 Å². The van der Waals surface area contributed by atoms with Crippen LogP contribution >= 0.6 is 11.3 Å². The minimum atomic E-state index is -3.52. The van der Waals surface area contributed by atoms with E-state index in [0.29, 0.717) is 53.0 Å². The van der Waals surface area contributed by atoms with Crippen molar-refractivity contribution in [1.29, 1.82) is 0 Å². The topological polar surface area (TPSA) is 94.2 Å². The largest absolute Gasteiger partial charge is 0.493 e. The molecule has 1 fully saturated rings. The Kier molecular flexibility index (Phi) is 6.66. The summed E-state index contributed by atoms with van der Waals surface area (Å²) in [4.78, 5) is 14.7. The van der Waals surface area contributed by atoms with Gasteiger partial charge in [-0.05, 0) is 36.4 Å². The molecule has 158 valence electrons. The van der Waals surface area contributed by atoms with Crippen LogP contribution in [0, 0.1) is 0 Å².